The predicted molar refractivity (Wildman–Crippen MR) is 73.5 cm³/mol. The third-order valence-corrected chi connectivity index (χ3v) is 3.34. The summed E-state index contributed by atoms with van der Waals surface area (Å²) in [6, 6.07) is 5.74. The predicted octanol–water partition coefficient (Wildman–Crippen LogP) is 1.45. The van der Waals surface area contributed by atoms with Crippen molar-refractivity contribution in [2.24, 2.45) is 0 Å². The molecule has 6 nitrogen and oxygen atoms in total. The Kier molecular flexibility index (Phi) is 5.19. The van der Waals surface area contributed by atoms with E-state index >= 15 is 0 Å². The molecule has 0 aliphatic heterocycles. The Morgan fingerprint density at radius 1 is 1.30 bits per heavy atom. The molecule has 0 saturated heterocycles. The van der Waals surface area contributed by atoms with E-state index in [0.717, 1.165) is 5.75 Å². The number of nitrogen functional groups attached to an aromatic ring is 1. The number of hydrogen-bond acceptors (Lipinski definition) is 6. The van der Waals surface area contributed by atoms with Gasteiger partial charge in [0.05, 0.1) is 6.61 Å². The molecule has 20 heavy (non-hydrogen) atoms. The van der Waals surface area contributed by atoms with Gasteiger partial charge in [-0.3, -0.25) is 0 Å². The van der Waals surface area contributed by atoms with E-state index in [1.165, 1.54) is 28.6 Å². The lowest BCUT2D eigenvalue weighted by Gasteiger charge is -2.06. The van der Waals surface area contributed by atoms with Crippen LogP contribution >= 0.6 is 11.8 Å². The maximum absolute atomic E-state index is 12.7. The molecule has 0 spiro atoms. The Bertz CT molecular complexity index is 547. The molecule has 8 heteroatoms. The van der Waals surface area contributed by atoms with Gasteiger partial charge < -0.3 is 15.3 Å². The van der Waals surface area contributed by atoms with Gasteiger partial charge in [-0.15, -0.1) is 10.2 Å². The van der Waals surface area contributed by atoms with Crippen LogP contribution in [0.1, 0.15) is 5.82 Å². The maximum atomic E-state index is 12.7. The fourth-order valence-corrected chi connectivity index (χ4v) is 2.17. The Balaban J connectivity index is 1.91. The molecular weight excluding hydrogens is 283 g/mol. The van der Waals surface area contributed by atoms with Crippen molar-refractivity contribution in [2.75, 3.05) is 25.3 Å². The minimum Gasteiger partial charge on any atom is -0.486 e. The van der Waals surface area contributed by atoms with Crippen molar-refractivity contribution in [1.82, 2.24) is 14.9 Å². The number of ether oxygens (including phenoxy) is 2. The van der Waals surface area contributed by atoms with E-state index in [0.29, 0.717) is 23.3 Å². The van der Waals surface area contributed by atoms with Crippen LogP contribution in [0.5, 0.6) is 5.75 Å². The number of benzene rings is 1. The van der Waals surface area contributed by atoms with E-state index in [1.807, 2.05) is 0 Å². The fraction of sp³-hybridized carbons (Fsp3) is 0.333. The summed E-state index contributed by atoms with van der Waals surface area (Å²) in [7, 11) is 1.63. The molecule has 1 heterocycles. The molecule has 1 aromatic heterocycles. The Morgan fingerprint density at radius 3 is 2.75 bits per heavy atom. The van der Waals surface area contributed by atoms with Crippen molar-refractivity contribution < 1.29 is 13.9 Å². The van der Waals surface area contributed by atoms with Crippen LogP contribution < -0.4 is 10.6 Å². The molecule has 0 radical (unpaired) electrons. The van der Waals surface area contributed by atoms with Crippen molar-refractivity contribution in [2.45, 2.75) is 11.8 Å². The highest BCUT2D eigenvalue weighted by Crippen LogP contribution is 2.16. The summed E-state index contributed by atoms with van der Waals surface area (Å²) in [6.07, 6.45) is 0. The Hall–Kier alpha value is -1.80. The van der Waals surface area contributed by atoms with E-state index in [-0.39, 0.29) is 12.4 Å². The van der Waals surface area contributed by atoms with Gasteiger partial charge in [-0.1, -0.05) is 11.8 Å². The van der Waals surface area contributed by atoms with E-state index in [2.05, 4.69) is 10.2 Å². The molecule has 2 N–H and O–H groups in total. The monoisotopic (exact) mass is 298 g/mol. The van der Waals surface area contributed by atoms with Gasteiger partial charge in [-0.2, -0.15) is 0 Å². The number of halogens is 1. The molecule has 0 aliphatic carbocycles. The van der Waals surface area contributed by atoms with Crippen molar-refractivity contribution in [1.29, 1.82) is 0 Å². The van der Waals surface area contributed by atoms with Crippen LogP contribution in [0.15, 0.2) is 29.4 Å². The Morgan fingerprint density at radius 2 is 2.05 bits per heavy atom. The summed E-state index contributed by atoms with van der Waals surface area (Å²) >= 11 is 1.45. The van der Waals surface area contributed by atoms with Crippen LogP contribution in [0.4, 0.5) is 4.39 Å². The van der Waals surface area contributed by atoms with Crippen LogP contribution in [0.3, 0.4) is 0 Å². The molecule has 0 fully saturated rings. The topological polar surface area (TPSA) is 75.2 Å². The second-order valence-electron chi connectivity index (χ2n) is 3.85. The highest BCUT2D eigenvalue weighted by atomic mass is 32.2. The van der Waals surface area contributed by atoms with E-state index in [1.54, 1.807) is 19.2 Å². The number of aromatic nitrogens is 3. The van der Waals surface area contributed by atoms with Crippen molar-refractivity contribution in [3.63, 3.8) is 0 Å². The average molecular weight is 298 g/mol. The highest BCUT2D eigenvalue weighted by Gasteiger charge is 2.10. The second-order valence-corrected chi connectivity index (χ2v) is 4.91. The number of nitrogens with zero attached hydrogens (tertiary/aromatic N) is 3. The second kappa shape index (κ2) is 7.11. The smallest absolute Gasteiger partial charge is 0.209 e. The highest BCUT2D eigenvalue weighted by molar-refractivity contribution is 7.99. The van der Waals surface area contributed by atoms with Gasteiger partial charge in [0.25, 0.3) is 0 Å². The zero-order chi connectivity index (χ0) is 14.4. The van der Waals surface area contributed by atoms with E-state index < -0.39 is 0 Å². The van der Waals surface area contributed by atoms with Crippen LogP contribution in [0.25, 0.3) is 0 Å². The molecule has 2 rings (SSSR count). The summed E-state index contributed by atoms with van der Waals surface area (Å²) in [5.74, 6) is 7.33. The fourth-order valence-electron chi connectivity index (χ4n) is 1.40. The van der Waals surface area contributed by atoms with Gasteiger partial charge in [0.1, 0.15) is 18.2 Å². The van der Waals surface area contributed by atoms with Crippen molar-refractivity contribution in [3.05, 3.63) is 35.9 Å². The lowest BCUT2D eigenvalue weighted by Crippen LogP contribution is -2.16. The lowest BCUT2D eigenvalue weighted by molar-refractivity contribution is 0.218. The van der Waals surface area contributed by atoms with Gasteiger partial charge in [-0.05, 0) is 24.3 Å². The first kappa shape index (κ1) is 14.6. The molecule has 108 valence electrons. The number of rotatable bonds is 7. The molecule has 0 saturated carbocycles. The number of methoxy groups -OCH3 is 1. The summed E-state index contributed by atoms with van der Waals surface area (Å²) in [6.45, 7) is 0.777. The van der Waals surface area contributed by atoms with Crippen LogP contribution in [0.2, 0.25) is 0 Å². The molecule has 0 bridgehead atoms. The third kappa shape index (κ3) is 3.84. The van der Waals surface area contributed by atoms with Gasteiger partial charge in [0.15, 0.2) is 5.82 Å². The minimum atomic E-state index is -0.309. The third-order valence-electron chi connectivity index (χ3n) is 2.44. The van der Waals surface area contributed by atoms with Gasteiger partial charge in [0, 0.05) is 12.9 Å². The summed E-state index contributed by atoms with van der Waals surface area (Å²) < 4.78 is 24.5. The number of hydrogen-bond donors (Lipinski definition) is 1. The molecule has 0 amide bonds. The quantitative estimate of drug-likeness (QED) is 0.474. The summed E-state index contributed by atoms with van der Waals surface area (Å²) in [5, 5.41) is 8.52. The molecule has 2 aromatic rings. The zero-order valence-electron chi connectivity index (χ0n) is 11.0. The largest absolute Gasteiger partial charge is 0.486 e. The molecule has 0 atom stereocenters. The molecular formula is C12H15FN4O2S. The van der Waals surface area contributed by atoms with Gasteiger partial charge >= 0.3 is 0 Å². The van der Waals surface area contributed by atoms with Crippen molar-refractivity contribution in [3.8, 4) is 5.75 Å². The average Bonchev–Trinajstić information content (AvgIpc) is 2.80. The maximum Gasteiger partial charge on any atom is 0.209 e. The minimum absolute atomic E-state index is 0.167. The first-order valence-electron chi connectivity index (χ1n) is 5.90. The van der Waals surface area contributed by atoms with Crippen LogP contribution in [-0.4, -0.2) is 34.3 Å². The first-order valence-corrected chi connectivity index (χ1v) is 6.88. The molecule has 0 aliphatic rings. The standard InChI is InChI=1S/C12H15FN4O2S/c1-18-6-7-20-12-16-15-11(17(12)14)8-19-10-4-2-9(13)3-5-10/h2-5H,6-8,14H2,1H3. The SMILES string of the molecule is COCCSc1nnc(COc2ccc(F)cc2)n1N. The molecule has 0 unspecified atom stereocenters. The van der Waals surface area contributed by atoms with Crippen LogP contribution in [0, 0.1) is 5.82 Å². The van der Waals surface area contributed by atoms with Gasteiger partial charge in [0.2, 0.25) is 5.16 Å². The van der Waals surface area contributed by atoms with E-state index in [9.17, 15) is 4.39 Å². The van der Waals surface area contributed by atoms with Gasteiger partial charge in [-0.25, -0.2) is 9.07 Å². The normalized spacial score (nSPS) is 10.7. The summed E-state index contributed by atoms with van der Waals surface area (Å²) in [4.78, 5) is 0. The van der Waals surface area contributed by atoms with E-state index in [4.69, 9.17) is 15.3 Å². The number of thioether (sulfide) groups is 1. The first-order chi connectivity index (χ1) is 9.70. The Labute approximate surface area is 120 Å². The van der Waals surface area contributed by atoms with Crippen LogP contribution in [-0.2, 0) is 11.3 Å². The molecule has 1 aromatic carbocycles. The summed E-state index contributed by atoms with van der Waals surface area (Å²) in [5.41, 5.74) is 0. The van der Waals surface area contributed by atoms with Crippen molar-refractivity contribution >= 4 is 11.8 Å². The zero-order valence-corrected chi connectivity index (χ0v) is 11.8. The lowest BCUT2D eigenvalue weighted by atomic mass is 10.3. The number of nitrogens with two attached hydrogens (primary N) is 1.